The van der Waals surface area contributed by atoms with Crippen molar-refractivity contribution in [3.05, 3.63) is 41.5 Å². The average molecular weight is 344 g/mol. The highest BCUT2D eigenvalue weighted by Crippen LogP contribution is 2.55. The van der Waals surface area contributed by atoms with Crippen LogP contribution in [0.5, 0.6) is 5.75 Å². The van der Waals surface area contributed by atoms with Gasteiger partial charge in [0, 0.05) is 5.92 Å². The highest BCUT2D eigenvalue weighted by atomic mass is 16.5. The Labute approximate surface area is 153 Å². The van der Waals surface area contributed by atoms with E-state index in [1.165, 1.54) is 0 Å². The van der Waals surface area contributed by atoms with Gasteiger partial charge in [0.1, 0.15) is 5.75 Å². The lowest BCUT2D eigenvalue weighted by molar-refractivity contribution is 0.299. The average Bonchev–Trinajstić information content (AvgIpc) is 2.68. The molecule has 1 aromatic rings. The second-order valence-corrected chi connectivity index (χ2v) is 7.14. The minimum Gasteiger partial charge on any atom is -0.497 e. The number of ether oxygens (including phenoxy) is 1. The van der Waals surface area contributed by atoms with Crippen molar-refractivity contribution in [1.29, 1.82) is 21.2 Å². The van der Waals surface area contributed by atoms with E-state index in [0.29, 0.717) is 11.5 Å². The third kappa shape index (κ3) is 2.47. The first kappa shape index (κ1) is 17.7. The van der Waals surface area contributed by atoms with Gasteiger partial charge in [0.05, 0.1) is 36.9 Å². The zero-order valence-corrected chi connectivity index (χ0v) is 14.9. The minimum absolute atomic E-state index is 0.0924. The molecular weight excluding hydrogens is 324 g/mol. The van der Waals surface area contributed by atoms with Gasteiger partial charge < -0.3 is 10.1 Å². The molecule has 5 heteroatoms. The second kappa shape index (κ2) is 6.66. The normalized spacial score (nSPS) is 29.3. The maximum atomic E-state index is 9.82. The molecule has 0 aliphatic heterocycles. The van der Waals surface area contributed by atoms with E-state index in [1.807, 2.05) is 30.3 Å². The first-order chi connectivity index (χ1) is 12.5. The fraction of sp³-hybridized carbons (Fsp3) is 0.429. The van der Waals surface area contributed by atoms with Crippen molar-refractivity contribution >= 4 is 5.71 Å². The first-order valence-corrected chi connectivity index (χ1v) is 8.67. The summed E-state index contributed by atoms with van der Waals surface area (Å²) in [5.41, 5.74) is -0.0638. The van der Waals surface area contributed by atoms with Crippen molar-refractivity contribution in [3.8, 4) is 24.0 Å². The summed E-state index contributed by atoms with van der Waals surface area (Å²) in [6, 6.07) is 13.9. The Kier molecular flexibility index (Phi) is 4.54. The van der Waals surface area contributed by atoms with Crippen LogP contribution in [-0.4, -0.2) is 12.8 Å². The molecule has 0 aromatic heterocycles. The number of nitrogens with zero attached hydrogens (tertiary/aromatic N) is 3. The second-order valence-electron chi connectivity index (χ2n) is 7.14. The molecule has 0 spiro atoms. The van der Waals surface area contributed by atoms with E-state index in [2.05, 4.69) is 25.1 Å². The van der Waals surface area contributed by atoms with Crippen LogP contribution in [0.3, 0.4) is 0 Å². The molecule has 3 rings (SSSR count). The minimum atomic E-state index is -1.62. The summed E-state index contributed by atoms with van der Waals surface area (Å²) in [5.74, 6) is 0.0121. The number of hydrogen-bond acceptors (Lipinski definition) is 5. The van der Waals surface area contributed by atoms with Crippen LogP contribution < -0.4 is 4.74 Å². The van der Waals surface area contributed by atoms with Crippen LogP contribution in [0.25, 0.3) is 0 Å². The molecule has 0 saturated heterocycles. The third-order valence-corrected chi connectivity index (χ3v) is 5.71. The molecule has 1 saturated carbocycles. The fourth-order valence-electron chi connectivity index (χ4n) is 4.38. The standard InChI is InChI=1S/C21H20N4O/c1-13-3-8-18-16(9-13)19(14-4-6-15(26-2)7-5-14)17(10-22)20(25)21(18,11-23)12-24/h4-8,13,16-17,19,25H,3,9H2,1-2H3/t13-,16-,17-,19-/m0/s1. The summed E-state index contributed by atoms with van der Waals surface area (Å²) >= 11 is 0. The molecule has 2 aliphatic carbocycles. The highest BCUT2D eigenvalue weighted by Gasteiger charge is 2.56. The molecule has 0 heterocycles. The molecule has 1 aromatic carbocycles. The number of allylic oxidation sites excluding steroid dienone is 2. The Morgan fingerprint density at radius 1 is 1.15 bits per heavy atom. The summed E-state index contributed by atoms with van der Waals surface area (Å²) in [7, 11) is 1.60. The van der Waals surface area contributed by atoms with Crippen LogP contribution in [-0.2, 0) is 0 Å². The zero-order valence-electron chi connectivity index (χ0n) is 14.9. The van der Waals surface area contributed by atoms with Crippen LogP contribution in [0, 0.1) is 62.6 Å². The van der Waals surface area contributed by atoms with Gasteiger partial charge in [0.2, 0.25) is 5.41 Å². The van der Waals surface area contributed by atoms with E-state index < -0.39 is 11.3 Å². The summed E-state index contributed by atoms with van der Waals surface area (Å²) in [6.07, 6.45) is 3.56. The predicted octanol–water partition coefficient (Wildman–Crippen LogP) is 3.96. The van der Waals surface area contributed by atoms with Gasteiger partial charge in [-0.25, -0.2) is 0 Å². The van der Waals surface area contributed by atoms with Crippen LogP contribution in [0.2, 0.25) is 0 Å². The van der Waals surface area contributed by atoms with Gasteiger partial charge in [-0.15, -0.1) is 0 Å². The van der Waals surface area contributed by atoms with Gasteiger partial charge in [-0.1, -0.05) is 25.1 Å². The molecule has 5 nitrogen and oxygen atoms in total. The largest absolute Gasteiger partial charge is 0.497 e. The maximum Gasteiger partial charge on any atom is 0.203 e. The number of rotatable bonds is 2. The van der Waals surface area contributed by atoms with Crippen molar-refractivity contribution in [2.45, 2.75) is 25.7 Å². The fourth-order valence-corrected chi connectivity index (χ4v) is 4.38. The molecular formula is C21H20N4O. The molecule has 0 radical (unpaired) electrons. The Hall–Kier alpha value is -3.10. The smallest absolute Gasteiger partial charge is 0.203 e. The van der Waals surface area contributed by atoms with Crippen molar-refractivity contribution < 1.29 is 4.74 Å². The Balaban J connectivity index is 2.18. The van der Waals surface area contributed by atoms with Gasteiger partial charge >= 0.3 is 0 Å². The van der Waals surface area contributed by atoms with Crippen molar-refractivity contribution in [1.82, 2.24) is 0 Å². The first-order valence-electron chi connectivity index (χ1n) is 8.67. The van der Waals surface area contributed by atoms with E-state index in [0.717, 1.165) is 24.2 Å². The quantitative estimate of drug-likeness (QED) is 0.820. The summed E-state index contributed by atoms with van der Waals surface area (Å²) in [5, 5.41) is 37.9. The number of fused-ring (bicyclic) bond motifs is 1. The number of nitriles is 3. The van der Waals surface area contributed by atoms with Gasteiger partial charge in [-0.05, 0) is 47.9 Å². The van der Waals surface area contributed by atoms with Gasteiger partial charge in [0.25, 0.3) is 0 Å². The van der Waals surface area contributed by atoms with Crippen LogP contribution in [0.1, 0.15) is 31.2 Å². The van der Waals surface area contributed by atoms with Crippen LogP contribution in [0.15, 0.2) is 35.9 Å². The number of methoxy groups -OCH3 is 1. The predicted molar refractivity (Wildman–Crippen MR) is 96.2 cm³/mol. The molecule has 26 heavy (non-hydrogen) atoms. The molecule has 0 amide bonds. The van der Waals surface area contributed by atoms with E-state index >= 15 is 0 Å². The summed E-state index contributed by atoms with van der Waals surface area (Å²) < 4.78 is 5.22. The summed E-state index contributed by atoms with van der Waals surface area (Å²) in [4.78, 5) is 0. The number of hydrogen-bond donors (Lipinski definition) is 1. The van der Waals surface area contributed by atoms with Crippen molar-refractivity contribution in [2.24, 2.45) is 23.2 Å². The van der Waals surface area contributed by atoms with Gasteiger partial charge in [-0.3, -0.25) is 0 Å². The molecule has 1 N–H and O–H groups in total. The zero-order chi connectivity index (χ0) is 18.9. The monoisotopic (exact) mass is 344 g/mol. The van der Waals surface area contributed by atoms with Crippen LogP contribution in [0.4, 0.5) is 0 Å². The lowest BCUT2D eigenvalue weighted by Crippen LogP contribution is -2.48. The maximum absolute atomic E-state index is 9.82. The molecule has 130 valence electrons. The Morgan fingerprint density at radius 3 is 2.35 bits per heavy atom. The molecule has 0 bridgehead atoms. The van der Waals surface area contributed by atoms with E-state index in [-0.39, 0.29) is 17.5 Å². The van der Waals surface area contributed by atoms with Crippen molar-refractivity contribution in [2.75, 3.05) is 7.11 Å². The Bertz CT molecular complexity index is 865. The lowest BCUT2D eigenvalue weighted by atomic mass is 9.53. The molecule has 4 atom stereocenters. The topological polar surface area (TPSA) is 104 Å². The Morgan fingerprint density at radius 2 is 1.81 bits per heavy atom. The molecule has 1 fully saturated rings. The number of benzene rings is 1. The summed E-state index contributed by atoms with van der Waals surface area (Å²) in [6.45, 7) is 2.14. The van der Waals surface area contributed by atoms with Crippen molar-refractivity contribution in [3.63, 3.8) is 0 Å². The van der Waals surface area contributed by atoms with Gasteiger partial charge in [-0.2, -0.15) is 15.8 Å². The lowest BCUT2D eigenvalue weighted by Gasteiger charge is -2.46. The SMILES string of the molecule is COc1ccc([C@@H]2[C@H](C#N)C(=N)C(C#N)(C#N)C3=CC[C@H](C)C[C@@H]32)cc1. The van der Waals surface area contributed by atoms with Gasteiger partial charge in [0.15, 0.2) is 0 Å². The van der Waals surface area contributed by atoms with Crippen LogP contribution >= 0.6 is 0 Å². The molecule has 0 unspecified atom stereocenters. The highest BCUT2D eigenvalue weighted by molar-refractivity contribution is 6.01. The number of nitrogens with one attached hydrogen (secondary N) is 1. The molecule has 2 aliphatic rings. The van der Waals surface area contributed by atoms with E-state index in [9.17, 15) is 15.8 Å². The third-order valence-electron chi connectivity index (χ3n) is 5.71. The van der Waals surface area contributed by atoms with E-state index in [1.54, 1.807) is 7.11 Å². The van der Waals surface area contributed by atoms with E-state index in [4.69, 9.17) is 10.1 Å².